The first-order valence-corrected chi connectivity index (χ1v) is 15.3. The molecule has 224 valence electrons. The van der Waals surface area contributed by atoms with Crippen molar-refractivity contribution in [2.45, 2.75) is 64.9 Å². The Kier molecular flexibility index (Phi) is 7.54. The lowest BCUT2D eigenvalue weighted by Gasteiger charge is -2.16. The molecule has 44 heavy (non-hydrogen) atoms. The molecule has 3 N–H and O–H groups in total. The Bertz CT molecular complexity index is 1820. The number of nitrogens with zero attached hydrogens (tertiary/aromatic N) is 4. The molecule has 0 saturated carbocycles. The molecule has 0 saturated heterocycles. The van der Waals surface area contributed by atoms with Gasteiger partial charge < -0.3 is 20.3 Å². The Hall–Kier alpha value is -4.66. The Labute approximate surface area is 256 Å². The zero-order valence-corrected chi connectivity index (χ0v) is 25.1. The van der Waals surface area contributed by atoms with Crippen molar-refractivity contribution in [3.05, 3.63) is 130 Å². The number of imidazole rings is 2. The van der Waals surface area contributed by atoms with E-state index in [2.05, 4.69) is 69.9 Å². The standard InChI is InChI=1S/C18H19N3O.C18H18N2O2/c1-12-17(11-22)21-10-4-7-16(18(21)19-12)20-15-9-8-13-5-2-3-6-14(13)15;1-12-15(11-21)20-10-4-7-17(18(20)19-12)22-16-9-8-13-5-2-3-6-14(13)16/h2-7,10,15,20,22H,8-9,11H2,1H3;2-7,10,16,21H,8-9,11H2,1H3. The van der Waals surface area contributed by atoms with Crippen LogP contribution in [0.1, 0.15) is 70.0 Å². The summed E-state index contributed by atoms with van der Waals surface area (Å²) in [5.74, 6) is 0.770. The highest BCUT2D eigenvalue weighted by atomic mass is 16.5. The average Bonchev–Trinajstić information content (AvgIpc) is 3.81. The third-order valence-electron chi connectivity index (χ3n) is 8.97. The van der Waals surface area contributed by atoms with Crippen LogP contribution in [-0.2, 0) is 26.1 Å². The number of rotatable bonds is 6. The summed E-state index contributed by atoms with van der Waals surface area (Å²) in [5, 5.41) is 22.7. The molecular weight excluding hydrogens is 550 g/mol. The van der Waals surface area contributed by atoms with Gasteiger partial charge in [0.1, 0.15) is 6.10 Å². The number of hydrogen-bond acceptors (Lipinski definition) is 6. The fourth-order valence-electron chi connectivity index (χ4n) is 6.71. The second-order valence-electron chi connectivity index (χ2n) is 11.6. The zero-order valence-electron chi connectivity index (χ0n) is 25.1. The highest BCUT2D eigenvalue weighted by molar-refractivity contribution is 5.69. The number of aromatic nitrogens is 4. The lowest BCUT2D eigenvalue weighted by Crippen LogP contribution is -2.08. The Morgan fingerprint density at radius 3 is 2.05 bits per heavy atom. The van der Waals surface area contributed by atoms with Crippen molar-refractivity contribution in [1.29, 1.82) is 0 Å². The van der Waals surface area contributed by atoms with Crippen molar-refractivity contribution < 1.29 is 14.9 Å². The predicted molar refractivity (Wildman–Crippen MR) is 171 cm³/mol. The van der Waals surface area contributed by atoms with Gasteiger partial charge in [-0.15, -0.1) is 0 Å². The Morgan fingerprint density at radius 1 is 0.727 bits per heavy atom. The van der Waals surface area contributed by atoms with Crippen LogP contribution in [0.25, 0.3) is 11.3 Å². The number of aliphatic hydroxyl groups excluding tert-OH is 2. The molecule has 2 unspecified atom stereocenters. The van der Waals surface area contributed by atoms with E-state index >= 15 is 0 Å². The van der Waals surface area contributed by atoms with Gasteiger partial charge in [0.05, 0.1) is 47.7 Å². The summed E-state index contributed by atoms with van der Waals surface area (Å²) in [5.41, 5.74) is 11.5. The lowest BCUT2D eigenvalue weighted by atomic mass is 10.1. The molecule has 0 spiro atoms. The number of aryl methyl sites for hydroxylation is 4. The van der Waals surface area contributed by atoms with Gasteiger partial charge in [-0.3, -0.25) is 8.80 Å². The Morgan fingerprint density at radius 2 is 1.32 bits per heavy atom. The molecule has 0 aliphatic heterocycles. The number of ether oxygens (including phenoxy) is 1. The summed E-state index contributed by atoms with van der Waals surface area (Å²) in [7, 11) is 0. The van der Waals surface area contributed by atoms with Crippen LogP contribution in [0, 0.1) is 13.8 Å². The van der Waals surface area contributed by atoms with Gasteiger partial charge in [0.15, 0.2) is 17.0 Å². The van der Waals surface area contributed by atoms with Gasteiger partial charge in [-0.2, -0.15) is 0 Å². The van der Waals surface area contributed by atoms with E-state index in [1.165, 1.54) is 22.3 Å². The van der Waals surface area contributed by atoms with Gasteiger partial charge in [-0.25, -0.2) is 9.97 Å². The molecule has 0 bridgehead atoms. The Balaban J connectivity index is 0.000000142. The molecule has 8 heteroatoms. The van der Waals surface area contributed by atoms with Gasteiger partial charge in [0.2, 0.25) is 0 Å². The maximum atomic E-state index is 9.53. The summed E-state index contributed by atoms with van der Waals surface area (Å²) in [6.45, 7) is 3.83. The largest absolute Gasteiger partial charge is 0.482 e. The van der Waals surface area contributed by atoms with Gasteiger partial charge in [0.25, 0.3) is 0 Å². The van der Waals surface area contributed by atoms with E-state index in [4.69, 9.17) is 4.74 Å². The van der Waals surface area contributed by atoms with Crippen molar-refractivity contribution in [1.82, 2.24) is 18.8 Å². The molecule has 2 atom stereocenters. The molecular formula is C36H37N5O3. The van der Waals surface area contributed by atoms with Crippen LogP contribution in [0.3, 0.4) is 0 Å². The molecule has 8 nitrogen and oxygen atoms in total. The maximum Gasteiger partial charge on any atom is 0.180 e. The van der Waals surface area contributed by atoms with Gasteiger partial charge in [0, 0.05) is 12.4 Å². The fourth-order valence-corrected chi connectivity index (χ4v) is 6.71. The van der Waals surface area contributed by atoms with E-state index in [1.807, 2.05) is 53.2 Å². The normalized spacial score (nSPS) is 16.9. The third-order valence-corrected chi connectivity index (χ3v) is 8.97. The summed E-state index contributed by atoms with van der Waals surface area (Å²) >= 11 is 0. The second-order valence-corrected chi connectivity index (χ2v) is 11.6. The predicted octanol–water partition coefficient (Wildman–Crippen LogP) is 6.44. The molecule has 4 aromatic heterocycles. The first-order valence-electron chi connectivity index (χ1n) is 15.3. The van der Waals surface area contributed by atoms with Crippen molar-refractivity contribution in [3.63, 3.8) is 0 Å². The van der Waals surface area contributed by atoms with Crippen molar-refractivity contribution in [2.75, 3.05) is 5.32 Å². The van der Waals surface area contributed by atoms with Crippen LogP contribution in [0.5, 0.6) is 5.75 Å². The smallest absolute Gasteiger partial charge is 0.180 e. The topological polar surface area (TPSA) is 96.3 Å². The number of aliphatic hydroxyl groups is 2. The van der Waals surface area contributed by atoms with E-state index in [0.717, 1.165) is 71.2 Å². The molecule has 2 aliphatic carbocycles. The van der Waals surface area contributed by atoms with Crippen LogP contribution in [-0.4, -0.2) is 29.0 Å². The van der Waals surface area contributed by atoms with E-state index in [1.54, 1.807) is 0 Å². The van der Waals surface area contributed by atoms with Crippen LogP contribution < -0.4 is 10.1 Å². The molecule has 0 fully saturated rings. The molecule has 8 rings (SSSR count). The molecule has 4 heterocycles. The monoisotopic (exact) mass is 587 g/mol. The van der Waals surface area contributed by atoms with Crippen molar-refractivity contribution >= 4 is 17.0 Å². The summed E-state index contributed by atoms with van der Waals surface area (Å²) in [6.07, 6.45) is 8.22. The van der Waals surface area contributed by atoms with Crippen molar-refractivity contribution in [3.8, 4) is 5.75 Å². The average molecular weight is 588 g/mol. The number of benzene rings is 2. The maximum absolute atomic E-state index is 9.53. The zero-order chi connectivity index (χ0) is 30.2. The van der Waals surface area contributed by atoms with Crippen LogP contribution in [0.15, 0.2) is 85.2 Å². The second kappa shape index (κ2) is 11.8. The quantitative estimate of drug-likeness (QED) is 0.208. The third kappa shape index (κ3) is 5.00. The number of fused-ring (bicyclic) bond motifs is 4. The fraction of sp³-hybridized carbons (Fsp3) is 0.278. The molecule has 0 amide bonds. The minimum absolute atomic E-state index is 0.00269. The number of anilines is 1. The first kappa shape index (κ1) is 28.1. The minimum Gasteiger partial charge on any atom is -0.482 e. The van der Waals surface area contributed by atoms with Crippen LogP contribution in [0.4, 0.5) is 5.69 Å². The van der Waals surface area contributed by atoms with E-state index in [0.29, 0.717) is 6.04 Å². The van der Waals surface area contributed by atoms with Gasteiger partial charge in [-0.05, 0) is 86.1 Å². The van der Waals surface area contributed by atoms with Crippen molar-refractivity contribution in [2.24, 2.45) is 0 Å². The van der Waals surface area contributed by atoms with E-state index in [9.17, 15) is 10.2 Å². The molecule has 6 aromatic rings. The molecule has 2 aliphatic rings. The van der Waals surface area contributed by atoms with Crippen LogP contribution >= 0.6 is 0 Å². The summed E-state index contributed by atoms with van der Waals surface area (Å²) in [4.78, 5) is 9.18. The summed E-state index contributed by atoms with van der Waals surface area (Å²) in [6, 6.07) is 25.3. The highest BCUT2D eigenvalue weighted by Crippen LogP contribution is 2.37. The number of hydrogen-bond donors (Lipinski definition) is 3. The SMILES string of the molecule is Cc1nc2c(NC3CCc4ccccc43)cccn2c1CO.Cc1nc2c(OC3CCc4ccccc43)cccn2c1CO. The highest BCUT2D eigenvalue weighted by Gasteiger charge is 2.25. The van der Waals surface area contributed by atoms with Crippen LogP contribution in [0.2, 0.25) is 0 Å². The lowest BCUT2D eigenvalue weighted by molar-refractivity contribution is 0.209. The van der Waals surface area contributed by atoms with E-state index < -0.39 is 0 Å². The molecule has 2 aromatic carbocycles. The first-order chi connectivity index (χ1) is 21.6. The minimum atomic E-state index is -0.0251. The molecule has 0 radical (unpaired) electrons. The van der Waals surface area contributed by atoms with Gasteiger partial charge in [-0.1, -0.05) is 48.5 Å². The number of pyridine rings is 2. The van der Waals surface area contributed by atoms with E-state index in [-0.39, 0.29) is 19.3 Å². The van der Waals surface area contributed by atoms with Gasteiger partial charge >= 0.3 is 0 Å². The summed E-state index contributed by atoms with van der Waals surface area (Å²) < 4.78 is 10.1. The number of nitrogens with one attached hydrogen (secondary N) is 1.